The van der Waals surface area contributed by atoms with Gasteiger partial charge in [-0.15, -0.1) is 11.3 Å². The van der Waals surface area contributed by atoms with Crippen molar-refractivity contribution in [2.75, 3.05) is 12.3 Å². The first-order valence-corrected chi connectivity index (χ1v) is 7.68. The van der Waals surface area contributed by atoms with E-state index in [0.717, 1.165) is 16.9 Å². The lowest BCUT2D eigenvalue weighted by molar-refractivity contribution is 0.0238. The number of nitrogens with zero attached hydrogens (tertiary/aromatic N) is 1. The van der Waals surface area contributed by atoms with Crippen molar-refractivity contribution in [2.45, 2.75) is 45.8 Å². The van der Waals surface area contributed by atoms with Gasteiger partial charge in [0.15, 0.2) is 0 Å². The van der Waals surface area contributed by atoms with Crippen molar-refractivity contribution in [3.8, 4) is 0 Å². The van der Waals surface area contributed by atoms with Gasteiger partial charge in [-0.25, -0.2) is 4.79 Å². The minimum absolute atomic E-state index is 0.344. The van der Waals surface area contributed by atoms with Crippen molar-refractivity contribution in [3.05, 3.63) is 16.0 Å². The van der Waals surface area contributed by atoms with Crippen molar-refractivity contribution >= 4 is 28.3 Å². The molecule has 0 saturated carbocycles. The second-order valence-corrected chi connectivity index (χ2v) is 7.25. The molecule has 0 aromatic carbocycles. The number of carbonyl (C=O) groups is 2. The zero-order valence-electron chi connectivity index (χ0n) is 12.6. The molecular formula is C14H21N3O3S. The maximum Gasteiger partial charge on any atom is 0.410 e. The highest BCUT2D eigenvalue weighted by Gasteiger charge is 2.28. The molecule has 4 N–H and O–H groups in total. The summed E-state index contributed by atoms with van der Waals surface area (Å²) in [6.45, 7) is 6.51. The summed E-state index contributed by atoms with van der Waals surface area (Å²) in [6.07, 6.45) is 1.10. The average Bonchev–Trinajstić information content (AvgIpc) is 2.50. The number of amides is 2. The van der Waals surface area contributed by atoms with Gasteiger partial charge >= 0.3 is 6.09 Å². The summed E-state index contributed by atoms with van der Waals surface area (Å²) in [4.78, 5) is 26.3. The lowest BCUT2D eigenvalue weighted by Crippen LogP contribution is -2.36. The summed E-state index contributed by atoms with van der Waals surface area (Å²) in [5.41, 5.74) is 12.0. The molecule has 0 atom stereocenters. The molecule has 6 nitrogen and oxygen atoms in total. The molecule has 0 saturated heterocycles. The zero-order valence-corrected chi connectivity index (χ0v) is 13.4. The van der Waals surface area contributed by atoms with Gasteiger partial charge in [0.25, 0.3) is 5.91 Å². The lowest BCUT2D eigenvalue weighted by atomic mass is 10.1. The quantitative estimate of drug-likeness (QED) is 0.829. The number of nitrogen functional groups attached to an aromatic ring is 1. The fourth-order valence-electron chi connectivity index (χ4n) is 2.38. The van der Waals surface area contributed by atoms with Crippen molar-refractivity contribution in [1.29, 1.82) is 0 Å². The molecule has 0 spiro atoms. The molecule has 0 bridgehead atoms. The Kier molecular flexibility index (Phi) is 4.13. The number of thiophene rings is 1. The number of anilines is 1. The second-order valence-electron chi connectivity index (χ2n) is 6.11. The monoisotopic (exact) mass is 311 g/mol. The van der Waals surface area contributed by atoms with Crippen LogP contribution in [0.1, 0.15) is 48.0 Å². The van der Waals surface area contributed by atoms with Crippen LogP contribution < -0.4 is 11.5 Å². The molecule has 2 rings (SSSR count). The highest BCUT2D eigenvalue weighted by atomic mass is 32.1. The van der Waals surface area contributed by atoms with Crippen LogP contribution in [0.5, 0.6) is 0 Å². The number of carbonyl (C=O) groups excluding carboxylic acids is 2. The van der Waals surface area contributed by atoms with Gasteiger partial charge in [0, 0.05) is 11.4 Å². The third-order valence-electron chi connectivity index (χ3n) is 3.21. The molecule has 1 aliphatic heterocycles. The predicted octanol–water partition coefficient (Wildman–Crippen LogP) is 2.11. The fraction of sp³-hybridized carbons (Fsp3) is 0.571. The van der Waals surface area contributed by atoms with E-state index in [9.17, 15) is 9.59 Å². The SMILES string of the molecule is CC(C)(C)OC(=O)N1CCCc2c(sc(N)c2C(N)=O)C1. The van der Waals surface area contributed by atoms with Gasteiger partial charge in [-0.2, -0.15) is 0 Å². The van der Waals surface area contributed by atoms with E-state index in [4.69, 9.17) is 16.2 Å². The zero-order chi connectivity index (χ0) is 15.8. The molecule has 1 aliphatic rings. The van der Waals surface area contributed by atoms with Crippen LogP contribution in [0.2, 0.25) is 0 Å². The van der Waals surface area contributed by atoms with Gasteiger partial charge in [0.05, 0.1) is 17.1 Å². The van der Waals surface area contributed by atoms with E-state index in [0.29, 0.717) is 30.1 Å². The molecule has 1 aromatic rings. The van der Waals surface area contributed by atoms with E-state index in [1.165, 1.54) is 11.3 Å². The van der Waals surface area contributed by atoms with Gasteiger partial charge in [-0.1, -0.05) is 0 Å². The molecule has 116 valence electrons. The number of ether oxygens (including phenoxy) is 1. The highest BCUT2D eigenvalue weighted by molar-refractivity contribution is 7.16. The maximum atomic E-state index is 12.2. The molecule has 2 heterocycles. The van der Waals surface area contributed by atoms with Gasteiger partial charge in [-0.05, 0) is 39.2 Å². The van der Waals surface area contributed by atoms with E-state index >= 15 is 0 Å². The fourth-order valence-corrected chi connectivity index (χ4v) is 3.52. The van der Waals surface area contributed by atoms with Crippen LogP contribution in [0.15, 0.2) is 0 Å². The normalized spacial score (nSPS) is 15.3. The Morgan fingerprint density at radius 1 is 1.33 bits per heavy atom. The smallest absolute Gasteiger partial charge is 0.410 e. The highest BCUT2D eigenvalue weighted by Crippen LogP contribution is 2.34. The number of hydrogen-bond acceptors (Lipinski definition) is 5. The van der Waals surface area contributed by atoms with E-state index in [1.54, 1.807) is 4.90 Å². The first kappa shape index (κ1) is 15.6. The van der Waals surface area contributed by atoms with Crippen LogP contribution in [-0.4, -0.2) is 29.0 Å². The minimum atomic E-state index is -0.529. The molecule has 0 radical (unpaired) electrons. The minimum Gasteiger partial charge on any atom is -0.444 e. The number of rotatable bonds is 1. The van der Waals surface area contributed by atoms with Crippen molar-refractivity contribution in [2.24, 2.45) is 5.73 Å². The molecule has 2 amide bonds. The Morgan fingerprint density at radius 3 is 2.57 bits per heavy atom. The first-order valence-electron chi connectivity index (χ1n) is 6.87. The molecule has 0 fully saturated rings. The van der Waals surface area contributed by atoms with E-state index in [1.807, 2.05) is 20.8 Å². The summed E-state index contributed by atoms with van der Waals surface area (Å²) in [7, 11) is 0. The van der Waals surface area contributed by atoms with Gasteiger partial charge < -0.3 is 21.1 Å². The number of hydrogen-bond donors (Lipinski definition) is 2. The van der Waals surface area contributed by atoms with Gasteiger partial charge in [0.2, 0.25) is 0 Å². The number of fused-ring (bicyclic) bond motifs is 1. The van der Waals surface area contributed by atoms with Crippen LogP contribution in [0.25, 0.3) is 0 Å². The first-order chi connectivity index (χ1) is 9.69. The van der Waals surface area contributed by atoms with Crippen LogP contribution in [0.3, 0.4) is 0 Å². The third-order valence-corrected chi connectivity index (χ3v) is 4.25. The largest absolute Gasteiger partial charge is 0.444 e. The summed E-state index contributed by atoms with van der Waals surface area (Å²) >= 11 is 1.33. The summed E-state index contributed by atoms with van der Waals surface area (Å²) in [5, 5.41) is 0.429. The van der Waals surface area contributed by atoms with Crippen molar-refractivity contribution < 1.29 is 14.3 Å². The van der Waals surface area contributed by atoms with E-state index in [-0.39, 0.29) is 6.09 Å². The summed E-state index contributed by atoms with van der Waals surface area (Å²) in [5.74, 6) is -0.504. The van der Waals surface area contributed by atoms with Crippen LogP contribution in [0, 0.1) is 0 Å². The summed E-state index contributed by atoms with van der Waals surface area (Å²) in [6, 6.07) is 0. The standard InChI is InChI=1S/C14H21N3O3S/c1-14(2,3)20-13(19)17-6-4-5-8-9(7-17)21-12(16)10(8)11(15)18/h4-7,16H2,1-3H3,(H2,15,18). The Labute approximate surface area is 128 Å². The Hall–Kier alpha value is -1.76. The Bertz CT molecular complexity index is 575. The number of primary amides is 1. The van der Waals surface area contributed by atoms with Crippen LogP contribution >= 0.6 is 11.3 Å². The molecule has 21 heavy (non-hydrogen) atoms. The van der Waals surface area contributed by atoms with E-state index < -0.39 is 11.5 Å². The predicted molar refractivity (Wildman–Crippen MR) is 82.2 cm³/mol. The molecule has 7 heteroatoms. The maximum absolute atomic E-state index is 12.2. The van der Waals surface area contributed by atoms with Crippen LogP contribution in [-0.2, 0) is 17.7 Å². The average molecular weight is 311 g/mol. The van der Waals surface area contributed by atoms with Gasteiger partial charge in [-0.3, -0.25) is 4.79 Å². The van der Waals surface area contributed by atoms with Crippen LogP contribution in [0.4, 0.5) is 9.80 Å². The lowest BCUT2D eigenvalue weighted by Gasteiger charge is -2.26. The van der Waals surface area contributed by atoms with Gasteiger partial charge in [0.1, 0.15) is 5.60 Å². The van der Waals surface area contributed by atoms with E-state index in [2.05, 4.69) is 0 Å². The molecule has 1 aromatic heterocycles. The topological polar surface area (TPSA) is 98.7 Å². The molecule has 0 aliphatic carbocycles. The second kappa shape index (κ2) is 5.55. The molecular weight excluding hydrogens is 290 g/mol. The Balaban J connectivity index is 2.24. The molecule has 0 unspecified atom stereocenters. The van der Waals surface area contributed by atoms with Crippen molar-refractivity contribution in [1.82, 2.24) is 4.90 Å². The van der Waals surface area contributed by atoms with Crippen molar-refractivity contribution in [3.63, 3.8) is 0 Å². The Morgan fingerprint density at radius 2 is 2.00 bits per heavy atom. The third kappa shape index (κ3) is 3.47. The summed E-state index contributed by atoms with van der Waals surface area (Å²) < 4.78 is 5.40. The number of nitrogens with two attached hydrogens (primary N) is 2.